The third-order valence-electron chi connectivity index (χ3n) is 3.51. The number of aromatic nitrogens is 1. The summed E-state index contributed by atoms with van der Waals surface area (Å²) in [6.45, 7) is 0. The zero-order chi connectivity index (χ0) is 17.3. The Balaban J connectivity index is 2.32. The van der Waals surface area contributed by atoms with Crippen molar-refractivity contribution in [3.8, 4) is 28.5 Å². The fourth-order valence-electron chi connectivity index (χ4n) is 2.44. The topological polar surface area (TPSA) is 62.7 Å². The summed E-state index contributed by atoms with van der Waals surface area (Å²) in [5.74, 6) is -3.43. The maximum atomic E-state index is 14.1. The molecule has 0 aliphatic rings. The molecule has 3 aromatic rings. The Kier molecular flexibility index (Phi) is 3.92. The number of nitriles is 1. The summed E-state index contributed by atoms with van der Waals surface area (Å²) >= 11 is 0. The predicted molar refractivity (Wildman–Crippen MR) is 84.1 cm³/mol. The average Bonchev–Trinajstić information content (AvgIpc) is 2.54. The Morgan fingerprint density at radius 3 is 2.17 bits per heavy atom. The van der Waals surface area contributed by atoms with Crippen LogP contribution in [0.25, 0.3) is 22.4 Å². The molecule has 0 fully saturated rings. The summed E-state index contributed by atoms with van der Waals surface area (Å²) in [4.78, 5) is 4.11. The number of anilines is 1. The van der Waals surface area contributed by atoms with Crippen molar-refractivity contribution >= 4 is 5.82 Å². The number of benzene rings is 2. The molecule has 118 valence electrons. The van der Waals surface area contributed by atoms with Crippen molar-refractivity contribution in [3.63, 3.8) is 0 Å². The second-order valence-electron chi connectivity index (χ2n) is 5.04. The molecule has 6 heteroatoms. The number of hydrogen-bond acceptors (Lipinski definition) is 3. The molecule has 0 atom stereocenters. The molecule has 2 N–H and O–H groups in total. The van der Waals surface area contributed by atoms with Crippen molar-refractivity contribution in [3.05, 3.63) is 71.5 Å². The molecule has 3 rings (SSSR count). The first-order valence-electron chi connectivity index (χ1n) is 6.92. The lowest BCUT2D eigenvalue weighted by molar-refractivity contribution is 0.548. The van der Waals surface area contributed by atoms with Gasteiger partial charge in [-0.2, -0.15) is 5.26 Å². The van der Waals surface area contributed by atoms with E-state index in [1.165, 1.54) is 6.07 Å². The SMILES string of the molecule is N#Cc1c(-c2c(F)cc(F)cc2F)cc(-c2ccccc2)nc1N. The first-order chi connectivity index (χ1) is 11.5. The highest BCUT2D eigenvalue weighted by Crippen LogP contribution is 2.34. The molecular weight excluding hydrogens is 315 g/mol. The van der Waals surface area contributed by atoms with Gasteiger partial charge >= 0.3 is 0 Å². The Labute approximate surface area is 135 Å². The van der Waals surface area contributed by atoms with Crippen LogP contribution in [0.15, 0.2) is 48.5 Å². The van der Waals surface area contributed by atoms with E-state index in [1.807, 2.05) is 0 Å². The molecule has 3 nitrogen and oxygen atoms in total. The van der Waals surface area contributed by atoms with Crippen molar-refractivity contribution in [1.29, 1.82) is 5.26 Å². The van der Waals surface area contributed by atoms with Crippen LogP contribution >= 0.6 is 0 Å². The number of halogens is 3. The van der Waals surface area contributed by atoms with Crippen LogP contribution in [0.4, 0.5) is 19.0 Å². The van der Waals surface area contributed by atoms with E-state index in [0.29, 0.717) is 23.4 Å². The average molecular weight is 325 g/mol. The number of pyridine rings is 1. The zero-order valence-electron chi connectivity index (χ0n) is 12.2. The number of nitrogens with two attached hydrogens (primary N) is 1. The number of nitrogen functional groups attached to an aromatic ring is 1. The molecular formula is C18H10F3N3. The lowest BCUT2D eigenvalue weighted by atomic mass is 9.97. The van der Waals surface area contributed by atoms with Gasteiger partial charge < -0.3 is 5.73 Å². The molecule has 0 saturated heterocycles. The van der Waals surface area contributed by atoms with Crippen molar-refractivity contribution in [1.82, 2.24) is 4.98 Å². The number of hydrogen-bond donors (Lipinski definition) is 1. The maximum Gasteiger partial charge on any atom is 0.142 e. The second kappa shape index (κ2) is 6.05. The first-order valence-corrected chi connectivity index (χ1v) is 6.92. The minimum atomic E-state index is -1.12. The van der Waals surface area contributed by atoms with E-state index in [2.05, 4.69) is 4.98 Å². The third kappa shape index (κ3) is 2.68. The van der Waals surface area contributed by atoms with Gasteiger partial charge in [-0.05, 0) is 6.07 Å². The van der Waals surface area contributed by atoms with Crippen LogP contribution in [-0.2, 0) is 0 Å². The van der Waals surface area contributed by atoms with Gasteiger partial charge in [0.15, 0.2) is 0 Å². The predicted octanol–water partition coefficient (Wildman–Crippen LogP) is 4.29. The number of nitrogens with zero attached hydrogens (tertiary/aromatic N) is 2. The summed E-state index contributed by atoms with van der Waals surface area (Å²) in [6, 6.07) is 13.1. The minimum absolute atomic E-state index is 0.0705. The molecule has 0 radical (unpaired) electrons. The standard InChI is InChI=1S/C18H10F3N3/c19-11-6-14(20)17(15(21)7-11)12-8-16(10-4-2-1-3-5-10)24-18(23)13(12)9-22/h1-8H,(H2,23,24). The van der Waals surface area contributed by atoms with E-state index in [9.17, 15) is 18.4 Å². The minimum Gasteiger partial charge on any atom is -0.383 e. The lowest BCUT2D eigenvalue weighted by Crippen LogP contribution is -2.02. The quantitative estimate of drug-likeness (QED) is 0.764. The Bertz CT molecular complexity index is 940. The molecule has 0 spiro atoms. The molecule has 0 aliphatic carbocycles. The van der Waals surface area contributed by atoms with Crippen molar-refractivity contribution in [2.45, 2.75) is 0 Å². The van der Waals surface area contributed by atoms with Crippen LogP contribution in [0, 0.1) is 28.8 Å². The van der Waals surface area contributed by atoms with Crippen molar-refractivity contribution in [2.24, 2.45) is 0 Å². The van der Waals surface area contributed by atoms with Crippen LogP contribution in [0.3, 0.4) is 0 Å². The summed E-state index contributed by atoms with van der Waals surface area (Å²) < 4.78 is 41.4. The normalized spacial score (nSPS) is 10.4. The van der Waals surface area contributed by atoms with Gasteiger partial charge in [-0.3, -0.25) is 0 Å². The van der Waals surface area contributed by atoms with Gasteiger partial charge in [0.05, 0.1) is 11.3 Å². The summed E-state index contributed by atoms with van der Waals surface area (Å²) in [7, 11) is 0. The van der Waals surface area contributed by atoms with Crippen LogP contribution in [0.5, 0.6) is 0 Å². The lowest BCUT2D eigenvalue weighted by Gasteiger charge is -2.12. The van der Waals surface area contributed by atoms with Crippen molar-refractivity contribution in [2.75, 3.05) is 5.73 Å². The van der Waals surface area contributed by atoms with Gasteiger partial charge in [0.2, 0.25) is 0 Å². The largest absolute Gasteiger partial charge is 0.383 e. The summed E-state index contributed by atoms with van der Waals surface area (Å²) in [5.41, 5.74) is 6.05. The maximum absolute atomic E-state index is 14.1. The third-order valence-corrected chi connectivity index (χ3v) is 3.51. The highest BCUT2D eigenvalue weighted by Gasteiger charge is 2.20. The molecule has 2 aromatic carbocycles. The molecule has 1 aromatic heterocycles. The van der Waals surface area contributed by atoms with E-state index in [0.717, 1.165) is 0 Å². The van der Waals surface area contributed by atoms with E-state index in [1.54, 1.807) is 36.4 Å². The molecule has 0 aliphatic heterocycles. The Hall–Kier alpha value is -3.33. The Morgan fingerprint density at radius 2 is 1.58 bits per heavy atom. The second-order valence-corrected chi connectivity index (χ2v) is 5.04. The molecule has 1 heterocycles. The van der Waals surface area contributed by atoms with E-state index < -0.39 is 23.0 Å². The monoisotopic (exact) mass is 325 g/mol. The van der Waals surface area contributed by atoms with Gasteiger partial charge in [-0.15, -0.1) is 0 Å². The fourth-order valence-corrected chi connectivity index (χ4v) is 2.44. The van der Waals surface area contributed by atoms with E-state index in [4.69, 9.17) is 5.73 Å². The summed E-state index contributed by atoms with van der Waals surface area (Å²) in [5, 5.41) is 9.27. The Morgan fingerprint density at radius 1 is 0.958 bits per heavy atom. The van der Waals surface area contributed by atoms with Crippen LogP contribution in [-0.4, -0.2) is 4.98 Å². The molecule has 0 saturated carbocycles. The molecule has 24 heavy (non-hydrogen) atoms. The van der Waals surface area contributed by atoms with E-state index in [-0.39, 0.29) is 16.9 Å². The van der Waals surface area contributed by atoms with Crippen molar-refractivity contribution < 1.29 is 13.2 Å². The van der Waals surface area contributed by atoms with Gasteiger partial charge in [0.1, 0.15) is 34.9 Å². The van der Waals surface area contributed by atoms with Gasteiger partial charge in [-0.25, -0.2) is 18.2 Å². The van der Waals surface area contributed by atoms with Crippen LogP contribution in [0.1, 0.15) is 5.56 Å². The molecule has 0 unspecified atom stereocenters. The molecule has 0 bridgehead atoms. The zero-order valence-corrected chi connectivity index (χ0v) is 12.2. The van der Waals surface area contributed by atoms with Gasteiger partial charge in [0, 0.05) is 23.3 Å². The smallest absolute Gasteiger partial charge is 0.142 e. The van der Waals surface area contributed by atoms with E-state index >= 15 is 0 Å². The highest BCUT2D eigenvalue weighted by molar-refractivity contribution is 5.80. The van der Waals surface area contributed by atoms with Gasteiger partial charge in [-0.1, -0.05) is 30.3 Å². The van der Waals surface area contributed by atoms with Crippen LogP contribution < -0.4 is 5.73 Å². The fraction of sp³-hybridized carbons (Fsp3) is 0. The first kappa shape index (κ1) is 15.6. The van der Waals surface area contributed by atoms with Crippen LogP contribution in [0.2, 0.25) is 0 Å². The highest BCUT2D eigenvalue weighted by atomic mass is 19.1. The number of rotatable bonds is 2. The summed E-state index contributed by atoms with van der Waals surface area (Å²) in [6.07, 6.45) is 0. The van der Waals surface area contributed by atoms with Gasteiger partial charge in [0.25, 0.3) is 0 Å². The molecule has 0 amide bonds.